The standard InChI is InChI=1S/C45H77O12P/c1-4-5-21-29-40(47)30-23-17-13-11-14-18-24-31-41(48)32-25-20-27-33-44(50)54-37-43(38-56-58(52,53)55-36-42(49)35-46)57-45(51)34-26-19-15-10-8-6-7-9-12-16-22-28-39(2)3/h5,13-14,17-18,21,23-25,30-32,39-43,46-49H,4,6-12,15-16,19-20,22,26-29,33-38H2,1-3H3,(H,52,53)/b17-13-,18-14-,21-5-,30-23+,31-24+,32-25-/t40-,41-,42+,43-/m1/s1. The number of allylic oxidation sites excluding steroid dienone is 8. The molecule has 0 amide bonds. The number of unbranched alkanes of at least 4 members (excludes halogenated alkanes) is 11. The lowest BCUT2D eigenvalue weighted by atomic mass is 10.0. The Morgan fingerprint density at radius 2 is 1.24 bits per heavy atom. The molecule has 58 heavy (non-hydrogen) atoms. The van der Waals surface area contributed by atoms with E-state index >= 15 is 0 Å². The molecule has 0 saturated carbocycles. The molecule has 1 unspecified atom stereocenters. The Hall–Kier alpha value is -2.67. The average Bonchev–Trinajstić information content (AvgIpc) is 3.18. The highest BCUT2D eigenvalue weighted by atomic mass is 31.2. The summed E-state index contributed by atoms with van der Waals surface area (Å²) < 4.78 is 32.5. The third-order valence-electron chi connectivity index (χ3n) is 8.73. The molecule has 0 aliphatic heterocycles. The van der Waals surface area contributed by atoms with Crippen LogP contribution in [0.1, 0.15) is 143 Å². The Kier molecular flexibility index (Phi) is 36.8. The summed E-state index contributed by atoms with van der Waals surface area (Å²) in [6, 6.07) is 0. The molecule has 13 heteroatoms. The van der Waals surface area contributed by atoms with Gasteiger partial charge in [0.2, 0.25) is 0 Å². The van der Waals surface area contributed by atoms with Gasteiger partial charge < -0.3 is 34.8 Å². The summed E-state index contributed by atoms with van der Waals surface area (Å²) in [5.74, 6) is -0.331. The first kappa shape index (κ1) is 55.3. The third kappa shape index (κ3) is 38.8. The van der Waals surface area contributed by atoms with Crippen molar-refractivity contribution in [1.82, 2.24) is 0 Å². The first-order valence-electron chi connectivity index (χ1n) is 21.5. The zero-order valence-electron chi connectivity index (χ0n) is 35.6. The van der Waals surface area contributed by atoms with E-state index in [0.29, 0.717) is 32.1 Å². The predicted octanol–water partition coefficient (Wildman–Crippen LogP) is 9.08. The van der Waals surface area contributed by atoms with Crippen molar-refractivity contribution in [2.45, 2.75) is 167 Å². The third-order valence-corrected chi connectivity index (χ3v) is 9.68. The van der Waals surface area contributed by atoms with Gasteiger partial charge in [-0.05, 0) is 44.4 Å². The van der Waals surface area contributed by atoms with Crippen LogP contribution in [0.2, 0.25) is 0 Å². The summed E-state index contributed by atoms with van der Waals surface area (Å²) in [6.45, 7) is 4.26. The van der Waals surface area contributed by atoms with E-state index in [2.05, 4.69) is 18.4 Å². The molecule has 0 rings (SSSR count). The monoisotopic (exact) mass is 841 g/mol. The Labute approximate surface area is 349 Å². The van der Waals surface area contributed by atoms with E-state index in [1.165, 1.54) is 51.4 Å². The van der Waals surface area contributed by atoms with E-state index < -0.39 is 70.6 Å². The highest BCUT2D eigenvalue weighted by Gasteiger charge is 2.27. The molecular weight excluding hydrogens is 763 g/mol. The van der Waals surface area contributed by atoms with Gasteiger partial charge in [0.05, 0.1) is 32.0 Å². The fourth-order valence-electron chi connectivity index (χ4n) is 5.39. The molecule has 334 valence electrons. The van der Waals surface area contributed by atoms with Gasteiger partial charge in [0, 0.05) is 12.8 Å². The van der Waals surface area contributed by atoms with Gasteiger partial charge in [-0.3, -0.25) is 18.6 Å². The normalized spacial score (nSPS) is 15.7. The van der Waals surface area contributed by atoms with E-state index in [4.69, 9.17) is 19.1 Å². The molecular formula is C45H77O12P. The zero-order valence-corrected chi connectivity index (χ0v) is 36.5. The van der Waals surface area contributed by atoms with Crippen molar-refractivity contribution >= 4 is 19.8 Å². The Morgan fingerprint density at radius 3 is 1.86 bits per heavy atom. The summed E-state index contributed by atoms with van der Waals surface area (Å²) in [5.41, 5.74) is 0. The van der Waals surface area contributed by atoms with Gasteiger partial charge >= 0.3 is 19.8 Å². The second kappa shape index (κ2) is 38.5. The van der Waals surface area contributed by atoms with Crippen molar-refractivity contribution in [3.63, 3.8) is 0 Å². The van der Waals surface area contributed by atoms with Gasteiger partial charge in [-0.25, -0.2) is 4.57 Å². The van der Waals surface area contributed by atoms with Gasteiger partial charge in [-0.2, -0.15) is 0 Å². The molecule has 5 N–H and O–H groups in total. The van der Waals surface area contributed by atoms with Crippen LogP contribution in [-0.4, -0.2) is 88.1 Å². The minimum Gasteiger partial charge on any atom is -0.462 e. The van der Waals surface area contributed by atoms with Crippen molar-refractivity contribution in [2.75, 3.05) is 26.4 Å². The van der Waals surface area contributed by atoms with E-state index in [1.807, 2.05) is 49.5 Å². The number of aliphatic hydroxyl groups is 4. The predicted molar refractivity (Wildman–Crippen MR) is 231 cm³/mol. The topological polar surface area (TPSA) is 189 Å². The van der Waals surface area contributed by atoms with Gasteiger partial charge in [0.15, 0.2) is 6.10 Å². The fourth-order valence-corrected chi connectivity index (χ4v) is 6.18. The average molecular weight is 841 g/mol. The van der Waals surface area contributed by atoms with Crippen molar-refractivity contribution in [3.8, 4) is 0 Å². The second-order valence-corrected chi connectivity index (χ2v) is 16.3. The van der Waals surface area contributed by atoms with Crippen LogP contribution in [0.5, 0.6) is 0 Å². The number of ether oxygens (including phenoxy) is 2. The second-order valence-electron chi connectivity index (χ2n) is 14.9. The molecule has 5 atom stereocenters. The first-order chi connectivity index (χ1) is 27.9. The summed E-state index contributed by atoms with van der Waals surface area (Å²) in [7, 11) is -4.67. The summed E-state index contributed by atoms with van der Waals surface area (Å²) in [4.78, 5) is 35.0. The number of phosphoric acid groups is 1. The molecule has 0 saturated heterocycles. The van der Waals surface area contributed by atoms with Gasteiger partial charge in [0.25, 0.3) is 0 Å². The zero-order chi connectivity index (χ0) is 43.1. The number of aliphatic hydroxyl groups excluding tert-OH is 4. The molecule has 0 heterocycles. The number of esters is 2. The Morgan fingerprint density at radius 1 is 0.655 bits per heavy atom. The molecule has 12 nitrogen and oxygen atoms in total. The van der Waals surface area contributed by atoms with Crippen molar-refractivity contribution < 1.29 is 58.0 Å². The lowest BCUT2D eigenvalue weighted by Crippen LogP contribution is -2.29. The summed E-state index contributed by atoms with van der Waals surface area (Å²) in [5, 5.41) is 38.3. The van der Waals surface area contributed by atoms with Crippen LogP contribution >= 0.6 is 7.82 Å². The molecule has 0 bridgehead atoms. The van der Waals surface area contributed by atoms with E-state index in [-0.39, 0.29) is 12.8 Å². The van der Waals surface area contributed by atoms with Crippen LogP contribution in [-0.2, 0) is 32.7 Å². The van der Waals surface area contributed by atoms with E-state index in [0.717, 1.165) is 31.6 Å². The van der Waals surface area contributed by atoms with E-state index in [1.54, 1.807) is 30.4 Å². The number of hydrogen-bond acceptors (Lipinski definition) is 11. The van der Waals surface area contributed by atoms with Crippen LogP contribution in [0.25, 0.3) is 0 Å². The summed E-state index contributed by atoms with van der Waals surface area (Å²) in [6.07, 6.45) is 35.2. The van der Waals surface area contributed by atoms with Crippen molar-refractivity contribution in [2.24, 2.45) is 5.92 Å². The molecule has 0 fully saturated rings. The first-order valence-corrected chi connectivity index (χ1v) is 23.0. The molecule has 0 aromatic heterocycles. The maximum atomic E-state index is 12.6. The largest absolute Gasteiger partial charge is 0.472 e. The molecule has 0 aromatic carbocycles. The Balaban J connectivity index is 4.56. The quantitative estimate of drug-likeness (QED) is 0.0131. The number of carbonyl (C=O) groups excluding carboxylic acids is 2. The van der Waals surface area contributed by atoms with Crippen LogP contribution < -0.4 is 0 Å². The molecule has 0 aromatic rings. The van der Waals surface area contributed by atoms with Gasteiger partial charge in [-0.15, -0.1) is 0 Å². The minimum atomic E-state index is -4.67. The van der Waals surface area contributed by atoms with Crippen LogP contribution in [0.15, 0.2) is 72.9 Å². The van der Waals surface area contributed by atoms with Crippen LogP contribution in [0.3, 0.4) is 0 Å². The van der Waals surface area contributed by atoms with Crippen molar-refractivity contribution in [3.05, 3.63) is 72.9 Å². The number of hydrogen-bond donors (Lipinski definition) is 5. The SMILES string of the molecule is CC/C=C\C[C@@H](O)/C=C/C=C\C/C=C\C=C\[C@@H](O)/C=C\CCCC(=O)OC[C@H](COP(=O)(O)OC[C@@H](O)CO)OC(=O)CCCCCCCCCCCCCC(C)C. The molecule has 0 aliphatic carbocycles. The van der Waals surface area contributed by atoms with Gasteiger partial charge in [0.1, 0.15) is 12.7 Å². The van der Waals surface area contributed by atoms with Crippen molar-refractivity contribution in [1.29, 1.82) is 0 Å². The fraction of sp³-hybridized carbons (Fsp3) is 0.689. The lowest BCUT2D eigenvalue weighted by molar-refractivity contribution is -0.161. The highest BCUT2D eigenvalue weighted by molar-refractivity contribution is 7.47. The van der Waals surface area contributed by atoms with Gasteiger partial charge in [-0.1, -0.05) is 164 Å². The number of carbonyl (C=O) groups is 2. The highest BCUT2D eigenvalue weighted by Crippen LogP contribution is 2.43. The maximum absolute atomic E-state index is 12.6. The Bertz CT molecular complexity index is 1240. The molecule has 0 aliphatic rings. The smallest absolute Gasteiger partial charge is 0.462 e. The lowest BCUT2D eigenvalue weighted by Gasteiger charge is -2.20. The molecule has 0 spiro atoms. The summed E-state index contributed by atoms with van der Waals surface area (Å²) >= 11 is 0. The number of phosphoric ester groups is 1. The van der Waals surface area contributed by atoms with Crippen LogP contribution in [0, 0.1) is 5.92 Å². The number of rotatable bonds is 38. The maximum Gasteiger partial charge on any atom is 0.472 e. The minimum absolute atomic E-state index is 0.0526. The van der Waals surface area contributed by atoms with Crippen LogP contribution in [0.4, 0.5) is 0 Å². The molecule has 0 radical (unpaired) electrons. The van der Waals surface area contributed by atoms with E-state index in [9.17, 15) is 34.4 Å².